The minimum Gasteiger partial charge on any atom is -0.264 e. The van der Waals surface area contributed by atoms with E-state index < -0.39 is 0 Å². The van der Waals surface area contributed by atoms with Gasteiger partial charge >= 0.3 is 0 Å². The molecule has 0 fully saturated rings. The molecule has 2 heterocycles. The van der Waals surface area contributed by atoms with Gasteiger partial charge in [-0.05, 0) is 78.3 Å². The third-order valence-electron chi connectivity index (χ3n) is 10.4. The summed E-state index contributed by atoms with van der Waals surface area (Å²) in [5, 5.41) is 7.60. The van der Waals surface area contributed by atoms with Gasteiger partial charge in [-0.1, -0.05) is 170 Å². The topological polar surface area (TPSA) is 38.7 Å². The lowest BCUT2D eigenvalue weighted by Gasteiger charge is -2.15. The maximum absolute atomic E-state index is 5.11. The summed E-state index contributed by atoms with van der Waals surface area (Å²) in [6, 6.07) is 66.7. The highest BCUT2D eigenvalue weighted by Crippen LogP contribution is 2.41. The third kappa shape index (κ3) is 5.69. The molecule has 0 atom stereocenters. The summed E-state index contributed by atoms with van der Waals surface area (Å²) >= 11 is 0. The monoisotopic (exact) mass is 687 g/mol. The standard InChI is InChI=1S/C51H33N3/c1-2-12-39(13-3-1)51-53-47(32-48(54-51)46-19-9-8-16-43(46)42-15-10-30-52-33-42)37-25-20-34(21-26-37)35-22-27-38(28-23-35)49-45-18-7-5-14-40(45)31-41-29-24-36-11-4-6-17-44(36)50(41)49/h1-33H. The van der Waals surface area contributed by atoms with Crippen molar-refractivity contribution in [2.24, 2.45) is 0 Å². The molecule has 0 saturated carbocycles. The Balaban J connectivity index is 1.04. The van der Waals surface area contributed by atoms with Crippen molar-refractivity contribution in [3.05, 3.63) is 200 Å². The van der Waals surface area contributed by atoms with E-state index in [1.54, 1.807) is 6.20 Å². The molecule has 10 aromatic rings. The maximum atomic E-state index is 5.11. The predicted octanol–water partition coefficient (Wildman–Crippen LogP) is 13.3. The van der Waals surface area contributed by atoms with Crippen molar-refractivity contribution >= 4 is 32.3 Å². The molecule has 0 aliphatic carbocycles. The van der Waals surface area contributed by atoms with Crippen molar-refractivity contribution < 1.29 is 0 Å². The lowest BCUT2D eigenvalue weighted by Crippen LogP contribution is -1.97. The van der Waals surface area contributed by atoms with E-state index in [4.69, 9.17) is 9.97 Å². The number of hydrogen-bond acceptors (Lipinski definition) is 3. The molecule has 0 amide bonds. The molecule has 0 aliphatic rings. The van der Waals surface area contributed by atoms with Gasteiger partial charge in [-0.15, -0.1) is 0 Å². The summed E-state index contributed by atoms with van der Waals surface area (Å²) < 4.78 is 0. The van der Waals surface area contributed by atoms with Gasteiger partial charge in [0.1, 0.15) is 0 Å². The summed E-state index contributed by atoms with van der Waals surface area (Å²) in [4.78, 5) is 14.6. The van der Waals surface area contributed by atoms with Crippen LogP contribution in [0.1, 0.15) is 0 Å². The first-order valence-corrected chi connectivity index (χ1v) is 18.3. The Morgan fingerprint density at radius 1 is 0.333 bits per heavy atom. The Bertz CT molecular complexity index is 2950. The smallest absolute Gasteiger partial charge is 0.160 e. The lowest BCUT2D eigenvalue weighted by atomic mass is 9.88. The fraction of sp³-hybridized carbons (Fsp3) is 0. The molecule has 252 valence electrons. The van der Waals surface area contributed by atoms with Crippen molar-refractivity contribution in [2.45, 2.75) is 0 Å². The van der Waals surface area contributed by atoms with Gasteiger partial charge in [-0.3, -0.25) is 4.98 Å². The van der Waals surface area contributed by atoms with Crippen LogP contribution in [0.4, 0.5) is 0 Å². The number of pyridine rings is 1. The average molecular weight is 688 g/mol. The Morgan fingerprint density at radius 3 is 1.69 bits per heavy atom. The predicted molar refractivity (Wildman–Crippen MR) is 225 cm³/mol. The second-order valence-corrected chi connectivity index (χ2v) is 13.6. The van der Waals surface area contributed by atoms with E-state index in [0.29, 0.717) is 5.82 Å². The molecule has 0 aliphatic heterocycles. The first-order chi connectivity index (χ1) is 26.8. The highest BCUT2D eigenvalue weighted by atomic mass is 14.9. The van der Waals surface area contributed by atoms with E-state index in [1.807, 2.05) is 30.5 Å². The zero-order valence-corrected chi connectivity index (χ0v) is 29.4. The fourth-order valence-corrected chi connectivity index (χ4v) is 7.73. The first-order valence-electron chi connectivity index (χ1n) is 18.3. The molecular weight excluding hydrogens is 655 g/mol. The number of nitrogens with zero attached hydrogens (tertiary/aromatic N) is 3. The molecule has 0 spiro atoms. The minimum atomic E-state index is 0.692. The van der Waals surface area contributed by atoms with Gasteiger partial charge in [0, 0.05) is 34.6 Å². The number of fused-ring (bicyclic) bond motifs is 4. The number of rotatable bonds is 6. The van der Waals surface area contributed by atoms with Crippen molar-refractivity contribution in [1.29, 1.82) is 0 Å². The van der Waals surface area contributed by atoms with Gasteiger partial charge in [-0.2, -0.15) is 0 Å². The second kappa shape index (κ2) is 13.4. The minimum absolute atomic E-state index is 0.692. The van der Waals surface area contributed by atoms with E-state index >= 15 is 0 Å². The molecule has 0 saturated heterocycles. The SMILES string of the molecule is c1ccc(-c2nc(-c3ccc(-c4ccc(-c5c6ccccc6cc6ccc7ccccc7c56)cc4)cc3)cc(-c3ccccc3-c3cccnc3)n2)cc1. The Morgan fingerprint density at radius 2 is 0.926 bits per heavy atom. The second-order valence-electron chi connectivity index (χ2n) is 13.6. The van der Waals surface area contributed by atoms with Crippen molar-refractivity contribution in [1.82, 2.24) is 15.0 Å². The van der Waals surface area contributed by atoms with Crippen LogP contribution in [0, 0.1) is 0 Å². The van der Waals surface area contributed by atoms with Gasteiger partial charge in [0.25, 0.3) is 0 Å². The largest absolute Gasteiger partial charge is 0.264 e. The van der Waals surface area contributed by atoms with Gasteiger partial charge in [0.05, 0.1) is 11.4 Å². The molecule has 0 N–H and O–H groups in total. The Kier molecular flexibility index (Phi) is 7.81. The summed E-state index contributed by atoms with van der Waals surface area (Å²) in [5.74, 6) is 0.692. The molecule has 3 heteroatoms. The van der Waals surface area contributed by atoms with E-state index in [9.17, 15) is 0 Å². The zero-order chi connectivity index (χ0) is 35.8. The van der Waals surface area contributed by atoms with Crippen molar-refractivity contribution in [3.8, 4) is 67.3 Å². The highest BCUT2D eigenvalue weighted by molar-refractivity contribution is 6.21. The van der Waals surface area contributed by atoms with E-state index in [0.717, 1.165) is 44.8 Å². The quantitative estimate of drug-likeness (QED) is 0.129. The van der Waals surface area contributed by atoms with E-state index in [-0.39, 0.29) is 0 Å². The van der Waals surface area contributed by atoms with Crippen LogP contribution in [0.15, 0.2) is 200 Å². The van der Waals surface area contributed by atoms with Crippen LogP contribution in [0.5, 0.6) is 0 Å². The molecule has 0 radical (unpaired) electrons. The van der Waals surface area contributed by atoms with Crippen LogP contribution in [0.2, 0.25) is 0 Å². The molecule has 0 bridgehead atoms. The van der Waals surface area contributed by atoms with Crippen LogP contribution in [0.25, 0.3) is 99.6 Å². The van der Waals surface area contributed by atoms with E-state index in [1.165, 1.54) is 49.0 Å². The molecular formula is C51H33N3. The third-order valence-corrected chi connectivity index (χ3v) is 10.4. The molecule has 2 aromatic heterocycles. The fourth-order valence-electron chi connectivity index (χ4n) is 7.73. The van der Waals surface area contributed by atoms with Gasteiger partial charge in [-0.25, -0.2) is 9.97 Å². The van der Waals surface area contributed by atoms with Crippen molar-refractivity contribution in [2.75, 3.05) is 0 Å². The van der Waals surface area contributed by atoms with Crippen LogP contribution < -0.4 is 0 Å². The number of aromatic nitrogens is 3. The van der Waals surface area contributed by atoms with E-state index in [2.05, 4.69) is 169 Å². The Hall–Kier alpha value is -7.23. The molecule has 3 nitrogen and oxygen atoms in total. The zero-order valence-electron chi connectivity index (χ0n) is 29.4. The summed E-state index contributed by atoms with van der Waals surface area (Å²) in [6.07, 6.45) is 3.70. The highest BCUT2D eigenvalue weighted by Gasteiger charge is 2.16. The van der Waals surface area contributed by atoms with Crippen LogP contribution in [0.3, 0.4) is 0 Å². The first kappa shape index (κ1) is 31.5. The molecule has 8 aromatic carbocycles. The van der Waals surface area contributed by atoms with Crippen molar-refractivity contribution in [3.63, 3.8) is 0 Å². The maximum Gasteiger partial charge on any atom is 0.160 e. The average Bonchev–Trinajstić information content (AvgIpc) is 3.26. The molecule has 54 heavy (non-hydrogen) atoms. The number of hydrogen-bond donors (Lipinski definition) is 0. The normalized spacial score (nSPS) is 11.3. The van der Waals surface area contributed by atoms with Gasteiger partial charge in [0.2, 0.25) is 0 Å². The van der Waals surface area contributed by atoms with Crippen LogP contribution in [-0.2, 0) is 0 Å². The molecule has 0 unspecified atom stereocenters. The summed E-state index contributed by atoms with van der Waals surface area (Å²) in [7, 11) is 0. The summed E-state index contributed by atoms with van der Waals surface area (Å²) in [5.41, 5.74) is 11.7. The summed E-state index contributed by atoms with van der Waals surface area (Å²) in [6.45, 7) is 0. The van der Waals surface area contributed by atoms with Crippen LogP contribution in [-0.4, -0.2) is 15.0 Å². The lowest BCUT2D eigenvalue weighted by molar-refractivity contribution is 1.18. The van der Waals surface area contributed by atoms with Gasteiger partial charge < -0.3 is 0 Å². The number of benzene rings is 8. The Labute approximate surface area is 313 Å². The van der Waals surface area contributed by atoms with Gasteiger partial charge in [0.15, 0.2) is 5.82 Å². The van der Waals surface area contributed by atoms with Crippen LogP contribution >= 0.6 is 0 Å². The molecule has 10 rings (SSSR count).